The lowest BCUT2D eigenvalue weighted by Gasteiger charge is -2.26. The molecule has 0 unspecified atom stereocenters. The zero-order valence-corrected chi connectivity index (χ0v) is 10.2. The van der Waals surface area contributed by atoms with Crippen molar-refractivity contribution >= 4 is 11.6 Å². The third kappa shape index (κ3) is 2.09. The summed E-state index contributed by atoms with van der Waals surface area (Å²) >= 11 is 5.70. The highest BCUT2D eigenvalue weighted by atomic mass is 35.5. The van der Waals surface area contributed by atoms with Gasteiger partial charge in [-0.3, -0.25) is 0 Å². The summed E-state index contributed by atoms with van der Waals surface area (Å²) in [5, 5.41) is 0.0452. The molecular weight excluding hydrogens is 255 g/mol. The molecular formula is C13H10ClFN2O. The van der Waals surface area contributed by atoms with Gasteiger partial charge in [0.05, 0.1) is 19.4 Å². The van der Waals surface area contributed by atoms with Crippen molar-refractivity contribution in [3.05, 3.63) is 47.1 Å². The van der Waals surface area contributed by atoms with Crippen LogP contribution in [0.3, 0.4) is 0 Å². The van der Waals surface area contributed by atoms with Crippen LogP contribution in [0.4, 0.5) is 4.39 Å². The van der Waals surface area contributed by atoms with Crippen molar-refractivity contribution in [1.29, 1.82) is 0 Å². The number of nitrogens with zero attached hydrogens (tertiary/aromatic N) is 2. The van der Waals surface area contributed by atoms with Crippen molar-refractivity contribution in [3.8, 4) is 11.3 Å². The molecule has 3 rings (SSSR count). The van der Waals surface area contributed by atoms with E-state index in [9.17, 15) is 4.39 Å². The lowest BCUT2D eigenvalue weighted by molar-refractivity contribution is 0.00844. The van der Waals surface area contributed by atoms with E-state index in [0.717, 1.165) is 25.0 Å². The Morgan fingerprint density at radius 2 is 2.17 bits per heavy atom. The number of hydrogen-bond donors (Lipinski definition) is 0. The highest BCUT2D eigenvalue weighted by Crippen LogP contribution is 2.28. The molecule has 2 heterocycles. The molecule has 5 heteroatoms. The van der Waals surface area contributed by atoms with E-state index in [1.807, 2.05) is 24.3 Å². The van der Waals surface area contributed by atoms with Gasteiger partial charge in [0, 0.05) is 11.5 Å². The van der Waals surface area contributed by atoms with Gasteiger partial charge < -0.3 is 4.74 Å². The fourth-order valence-electron chi connectivity index (χ4n) is 1.92. The number of ether oxygens (including phenoxy) is 1. The fourth-order valence-corrected chi connectivity index (χ4v) is 2.05. The van der Waals surface area contributed by atoms with E-state index in [4.69, 9.17) is 16.3 Å². The zero-order chi connectivity index (χ0) is 12.5. The molecule has 92 valence electrons. The summed E-state index contributed by atoms with van der Waals surface area (Å²) in [6.07, 6.45) is 1.09. The van der Waals surface area contributed by atoms with Crippen LogP contribution < -0.4 is 0 Å². The van der Waals surface area contributed by atoms with Gasteiger partial charge in [0.1, 0.15) is 5.69 Å². The van der Waals surface area contributed by atoms with Gasteiger partial charge in [-0.15, -0.1) is 0 Å². The summed E-state index contributed by atoms with van der Waals surface area (Å²) in [5.74, 6) is -0.0771. The molecule has 2 aromatic rings. The molecule has 1 aromatic carbocycles. The standard InChI is InChI=1S/C13H10ClFN2O/c14-13-16-5-11(15)12(17-13)9-3-1-2-8(4-9)10-6-18-7-10/h1-5,10H,6-7H2. The lowest BCUT2D eigenvalue weighted by atomic mass is 9.95. The molecule has 0 radical (unpaired) electrons. The first-order chi connectivity index (χ1) is 8.74. The molecule has 0 saturated carbocycles. The van der Waals surface area contributed by atoms with Crippen molar-refractivity contribution in [3.63, 3.8) is 0 Å². The maximum atomic E-state index is 13.7. The predicted octanol–water partition coefficient (Wildman–Crippen LogP) is 3.05. The van der Waals surface area contributed by atoms with Crippen LogP contribution in [0.1, 0.15) is 11.5 Å². The van der Waals surface area contributed by atoms with Crippen molar-refractivity contribution in [2.24, 2.45) is 0 Å². The number of rotatable bonds is 2. The van der Waals surface area contributed by atoms with Crippen LogP contribution in [-0.4, -0.2) is 23.2 Å². The molecule has 1 saturated heterocycles. The van der Waals surface area contributed by atoms with Crippen molar-refractivity contribution in [1.82, 2.24) is 9.97 Å². The quantitative estimate of drug-likeness (QED) is 0.782. The second kappa shape index (κ2) is 4.63. The average molecular weight is 265 g/mol. The highest BCUT2D eigenvalue weighted by molar-refractivity contribution is 6.28. The Morgan fingerprint density at radius 3 is 2.89 bits per heavy atom. The Labute approximate surface area is 109 Å². The van der Waals surface area contributed by atoms with E-state index in [2.05, 4.69) is 9.97 Å². The minimum atomic E-state index is -0.471. The largest absolute Gasteiger partial charge is 0.380 e. The second-order valence-corrected chi connectivity index (χ2v) is 4.53. The van der Waals surface area contributed by atoms with Gasteiger partial charge in [0.15, 0.2) is 5.82 Å². The Bertz CT molecular complexity index is 587. The Kier molecular flexibility index (Phi) is 2.97. The van der Waals surface area contributed by atoms with Gasteiger partial charge in [0.25, 0.3) is 0 Å². The van der Waals surface area contributed by atoms with Crippen molar-refractivity contribution < 1.29 is 9.13 Å². The summed E-state index contributed by atoms with van der Waals surface area (Å²) in [6, 6.07) is 7.63. The topological polar surface area (TPSA) is 35.0 Å². The van der Waals surface area contributed by atoms with Crippen LogP contribution in [0.15, 0.2) is 30.5 Å². The van der Waals surface area contributed by atoms with E-state index in [1.54, 1.807) is 0 Å². The second-order valence-electron chi connectivity index (χ2n) is 4.20. The Hall–Kier alpha value is -1.52. The molecule has 0 spiro atoms. The average Bonchev–Trinajstić information content (AvgIpc) is 2.30. The summed E-state index contributed by atoms with van der Waals surface area (Å²) < 4.78 is 18.8. The predicted molar refractivity (Wildman–Crippen MR) is 66.0 cm³/mol. The third-order valence-electron chi connectivity index (χ3n) is 2.98. The smallest absolute Gasteiger partial charge is 0.223 e. The Balaban J connectivity index is 2.02. The van der Waals surface area contributed by atoms with Gasteiger partial charge in [0.2, 0.25) is 5.28 Å². The number of benzene rings is 1. The highest BCUT2D eigenvalue weighted by Gasteiger charge is 2.21. The van der Waals surface area contributed by atoms with Gasteiger partial charge in [-0.05, 0) is 23.2 Å². The van der Waals surface area contributed by atoms with Gasteiger partial charge in [-0.1, -0.05) is 18.2 Å². The maximum Gasteiger partial charge on any atom is 0.223 e. The molecule has 0 bridgehead atoms. The monoisotopic (exact) mass is 264 g/mol. The van der Waals surface area contributed by atoms with Crippen LogP contribution >= 0.6 is 11.6 Å². The Morgan fingerprint density at radius 1 is 1.33 bits per heavy atom. The molecule has 3 nitrogen and oxygen atoms in total. The van der Waals surface area contributed by atoms with E-state index in [1.165, 1.54) is 0 Å². The number of aromatic nitrogens is 2. The number of hydrogen-bond acceptors (Lipinski definition) is 3. The molecule has 1 aromatic heterocycles. The summed E-state index contributed by atoms with van der Waals surface area (Å²) in [5.41, 5.74) is 2.08. The molecule has 1 aliphatic heterocycles. The van der Waals surface area contributed by atoms with E-state index in [-0.39, 0.29) is 11.0 Å². The van der Waals surface area contributed by atoms with Crippen molar-refractivity contribution in [2.45, 2.75) is 5.92 Å². The first kappa shape index (κ1) is 11.6. The molecule has 18 heavy (non-hydrogen) atoms. The normalized spacial score (nSPS) is 15.4. The molecule has 0 atom stereocenters. The minimum absolute atomic E-state index is 0.0452. The summed E-state index contributed by atoms with van der Waals surface area (Å²) in [6.45, 7) is 1.44. The third-order valence-corrected chi connectivity index (χ3v) is 3.17. The van der Waals surface area contributed by atoms with E-state index in [0.29, 0.717) is 11.5 Å². The summed E-state index contributed by atoms with van der Waals surface area (Å²) in [4.78, 5) is 7.54. The van der Waals surface area contributed by atoms with E-state index < -0.39 is 5.82 Å². The van der Waals surface area contributed by atoms with Crippen LogP contribution in [0.2, 0.25) is 5.28 Å². The molecule has 1 aliphatic rings. The maximum absolute atomic E-state index is 13.7. The van der Waals surface area contributed by atoms with Gasteiger partial charge >= 0.3 is 0 Å². The fraction of sp³-hybridized carbons (Fsp3) is 0.231. The molecule has 0 N–H and O–H groups in total. The molecule has 1 fully saturated rings. The summed E-state index contributed by atoms with van der Waals surface area (Å²) in [7, 11) is 0. The molecule has 0 amide bonds. The zero-order valence-electron chi connectivity index (χ0n) is 9.44. The van der Waals surface area contributed by atoms with Gasteiger partial charge in [-0.25, -0.2) is 14.4 Å². The van der Waals surface area contributed by atoms with Crippen LogP contribution in [-0.2, 0) is 4.74 Å². The van der Waals surface area contributed by atoms with Crippen LogP contribution in [0.5, 0.6) is 0 Å². The van der Waals surface area contributed by atoms with Crippen LogP contribution in [0, 0.1) is 5.82 Å². The first-order valence-electron chi connectivity index (χ1n) is 5.60. The minimum Gasteiger partial charge on any atom is -0.380 e. The SMILES string of the molecule is Fc1cnc(Cl)nc1-c1cccc(C2COC2)c1. The van der Waals surface area contributed by atoms with Crippen LogP contribution in [0.25, 0.3) is 11.3 Å². The van der Waals surface area contributed by atoms with Gasteiger partial charge in [-0.2, -0.15) is 0 Å². The van der Waals surface area contributed by atoms with Crippen molar-refractivity contribution in [2.75, 3.05) is 13.2 Å². The molecule has 0 aliphatic carbocycles. The first-order valence-corrected chi connectivity index (χ1v) is 5.98. The lowest BCUT2D eigenvalue weighted by Crippen LogP contribution is -2.24. The van der Waals surface area contributed by atoms with E-state index >= 15 is 0 Å². The number of halogens is 2.